The second kappa shape index (κ2) is 6.07. The molecule has 7 nitrogen and oxygen atoms in total. The highest BCUT2D eigenvalue weighted by molar-refractivity contribution is 7.91. The van der Waals surface area contributed by atoms with Gasteiger partial charge in [0.25, 0.3) is 0 Å². The topological polar surface area (TPSA) is 87.2 Å². The first-order chi connectivity index (χ1) is 10.4. The molecule has 1 N–H and O–H groups in total. The molecule has 0 bridgehead atoms. The van der Waals surface area contributed by atoms with Gasteiger partial charge in [0.05, 0.1) is 42.8 Å². The van der Waals surface area contributed by atoms with Crippen molar-refractivity contribution in [3.63, 3.8) is 0 Å². The fourth-order valence-corrected chi connectivity index (χ4v) is 5.33. The number of rotatable bonds is 3. The number of carbonyl (C=O) groups excluding carboxylic acids is 1. The molecule has 3 aliphatic heterocycles. The third-order valence-corrected chi connectivity index (χ3v) is 6.62. The summed E-state index contributed by atoms with van der Waals surface area (Å²) in [6.45, 7) is 4.32. The quantitative estimate of drug-likeness (QED) is 0.692. The van der Waals surface area contributed by atoms with Crippen LogP contribution < -0.4 is 0 Å². The molecule has 3 heterocycles. The Bertz CT molecular complexity index is 531. The Morgan fingerprint density at radius 3 is 2.64 bits per heavy atom. The molecule has 0 aliphatic carbocycles. The molecule has 3 aliphatic rings. The number of sulfone groups is 1. The molecule has 0 saturated carbocycles. The maximum absolute atomic E-state index is 12.4. The third kappa shape index (κ3) is 3.61. The Labute approximate surface area is 131 Å². The summed E-state index contributed by atoms with van der Waals surface area (Å²) in [7, 11) is -3.05. The van der Waals surface area contributed by atoms with E-state index >= 15 is 0 Å². The van der Waals surface area contributed by atoms with E-state index in [-0.39, 0.29) is 17.4 Å². The Morgan fingerprint density at radius 2 is 2.00 bits per heavy atom. The van der Waals surface area contributed by atoms with E-state index in [1.165, 1.54) is 0 Å². The third-order valence-electron chi connectivity index (χ3n) is 4.85. The number of nitrogens with zero attached hydrogens (tertiary/aromatic N) is 2. The van der Waals surface area contributed by atoms with Crippen LogP contribution >= 0.6 is 0 Å². The lowest BCUT2D eigenvalue weighted by molar-refractivity contribution is -0.134. The van der Waals surface area contributed by atoms with Gasteiger partial charge in [-0.25, -0.2) is 8.42 Å². The van der Waals surface area contributed by atoms with Gasteiger partial charge in [-0.1, -0.05) is 0 Å². The summed E-state index contributed by atoms with van der Waals surface area (Å²) in [5.74, 6) is -0.464. The number of likely N-dealkylation sites (tertiary alicyclic amines) is 1. The first-order valence-corrected chi connectivity index (χ1v) is 9.71. The zero-order valence-electron chi connectivity index (χ0n) is 12.7. The number of ether oxygens (including phenoxy) is 1. The van der Waals surface area contributed by atoms with Crippen molar-refractivity contribution in [2.24, 2.45) is 5.92 Å². The van der Waals surface area contributed by atoms with E-state index in [4.69, 9.17) is 4.74 Å². The van der Waals surface area contributed by atoms with Gasteiger partial charge < -0.3 is 14.7 Å². The van der Waals surface area contributed by atoms with Crippen LogP contribution in [0.5, 0.6) is 0 Å². The Morgan fingerprint density at radius 1 is 1.27 bits per heavy atom. The van der Waals surface area contributed by atoms with E-state index in [0.29, 0.717) is 45.7 Å². The highest BCUT2D eigenvalue weighted by Gasteiger charge is 2.43. The van der Waals surface area contributed by atoms with Crippen molar-refractivity contribution in [3.8, 4) is 0 Å². The number of hydrogen-bond acceptors (Lipinski definition) is 6. The predicted molar refractivity (Wildman–Crippen MR) is 80.2 cm³/mol. The lowest BCUT2D eigenvalue weighted by Crippen LogP contribution is -2.49. The molecule has 3 fully saturated rings. The van der Waals surface area contributed by atoms with Gasteiger partial charge in [0.2, 0.25) is 5.91 Å². The van der Waals surface area contributed by atoms with Crippen LogP contribution in [-0.2, 0) is 19.4 Å². The molecule has 3 saturated heterocycles. The zero-order chi connectivity index (χ0) is 15.8. The summed E-state index contributed by atoms with van der Waals surface area (Å²) in [5, 5.41) is 10.7. The molecule has 0 spiro atoms. The van der Waals surface area contributed by atoms with E-state index < -0.39 is 21.4 Å². The molecular weight excluding hydrogens is 308 g/mol. The number of aliphatic hydroxyl groups is 1. The molecule has 1 amide bonds. The molecule has 22 heavy (non-hydrogen) atoms. The minimum atomic E-state index is -3.05. The van der Waals surface area contributed by atoms with Gasteiger partial charge >= 0.3 is 0 Å². The molecule has 0 aromatic rings. The van der Waals surface area contributed by atoms with Crippen molar-refractivity contribution < 1.29 is 23.1 Å². The fraction of sp³-hybridized carbons (Fsp3) is 0.929. The molecule has 126 valence electrons. The minimum Gasteiger partial charge on any atom is -0.387 e. The van der Waals surface area contributed by atoms with E-state index in [1.807, 2.05) is 0 Å². The second-order valence-electron chi connectivity index (χ2n) is 6.72. The summed E-state index contributed by atoms with van der Waals surface area (Å²) < 4.78 is 28.3. The Hall–Kier alpha value is -0.700. The summed E-state index contributed by atoms with van der Waals surface area (Å²) in [6, 6.07) is 0. The van der Waals surface area contributed by atoms with Crippen LogP contribution in [0.4, 0.5) is 0 Å². The van der Waals surface area contributed by atoms with Crippen molar-refractivity contribution in [2.45, 2.75) is 18.4 Å². The number of hydrogen-bond donors (Lipinski definition) is 1. The number of β-amino-alcohol motifs (C(OH)–C–C–N with tert-alkyl or cyclic N) is 1. The fourth-order valence-electron chi connectivity index (χ4n) is 3.60. The van der Waals surface area contributed by atoms with Gasteiger partial charge in [-0.15, -0.1) is 0 Å². The predicted octanol–water partition coefficient (Wildman–Crippen LogP) is -1.28. The average molecular weight is 332 g/mol. The van der Waals surface area contributed by atoms with Crippen molar-refractivity contribution in [1.82, 2.24) is 9.80 Å². The summed E-state index contributed by atoms with van der Waals surface area (Å²) in [6.07, 6.45) is 0.967. The monoisotopic (exact) mass is 332 g/mol. The minimum absolute atomic E-state index is 0.0375. The van der Waals surface area contributed by atoms with Gasteiger partial charge in [0.1, 0.15) is 0 Å². The van der Waals surface area contributed by atoms with Crippen molar-refractivity contribution in [1.29, 1.82) is 0 Å². The maximum atomic E-state index is 12.4. The van der Waals surface area contributed by atoms with Gasteiger partial charge in [-0.05, 0) is 12.8 Å². The van der Waals surface area contributed by atoms with E-state index in [9.17, 15) is 18.3 Å². The molecule has 8 heteroatoms. The van der Waals surface area contributed by atoms with Crippen molar-refractivity contribution >= 4 is 15.7 Å². The molecule has 2 unspecified atom stereocenters. The number of carbonyl (C=O) groups is 1. The van der Waals surface area contributed by atoms with Crippen LogP contribution in [-0.4, -0.2) is 92.3 Å². The van der Waals surface area contributed by atoms with Gasteiger partial charge in [0.15, 0.2) is 9.84 Å². The maximum Gasteiger partial charge on any atom is 0.226 e. The largest absolute Gasteiger partial charge is 0.387 e. The Balaban J connectivity index is 1.55. The smallest absolute Gasteiger partial charge is 0.226 e. The van der Waals surface area contributed by atoms with Crippen LogP contribution in [0.3, 0.4) is 0 Å². The molecule has 0 radical (unpaired) electrons. The molecule has 3 rings (SSSR count). The van der Waals surface area contributed by atoms with E-state index in [1.54, 1.807) is 4.90 Å². The summed E-state index contributed by atoms with van der Waals surface area (Å²) in [5.41, 5.74) is -0.884. The summed E-state index contributed by atoms with van der Waals surface area (Å²) in [4.78, 5) is 16.2. The normalized spacial score (nSPS) is 35.9. The Kier molecular flexibility index (Phi) is 4.46. The van der Waals surface area contributed by atoms with Crippen LogP contribution in [0.15, 0.2) is 0 Å². The second-order valence-corrected chi connectivity index (χ2v) is 8.95. The number of amides is 1. The van der Waals surface area contributed by atoms with Crippen LogP contribution in [0, 0.1) is 5.92 Å². The molecule has 0 aromatic heterocycles. The van der Waals surface area contributed by atoms with E-state index in [2.05, 4.69) is 4.90 Å². The van der Waals surface area contributed by atoms with Gasteiger partial charge in [-0.2, -0.15) is 0 Å². The highest BCUT2D eigenvalue weighted by atomic mass is 32.2. The first-order valence-electron chi connectivity index (χ1n) is 7.89. The SMILES string of the molecule is O=C(C1CCS(=O)(=O)C1)N1CCC(O)(CN2CCOCC2)C1. The molecule has 2 atom stereocenters. The van der Waals surface area contributed by atoms with Crippen molar-refractivity contribution in [2.75, 3.05) is 57.4 Å². The standard InChI is InChI=1S/C14H24N2O5S/c17-13(12-1-8-22(19,20)9-12)16-3-2-14(18,11-16)10-15-4-6-21-7-5-15/h12,18H,1-11H2. The van der Waals surface area contributed by atoms with Crippen LogP contribution in [0.25, 0.3) is 0 Å². The van der Waals surface area contributed by atoms with Gasteiger partial charge in [-0.3, -0.25) is 9.69 Å². The van der Waals surface area contributed by atoms with Crippen LogP contribution in [0.2, 0.25) is 0 Å². The highest BCUT2D eigenvalue weighted by Crippen LogP contribution is 2.27. The number of morpholine rings is 1. The first kappa shape index (κ1) is 16.2. The lowest BCUT2D eigenvalue weighted by atomic mass is 10.0. The zero-order valence-corrected chi connectivity index (χ0v) is 13.6. The van der Waals surface area contributed by atoms with Crippen molar-refractivity contribution in [3.05, 3.63) is 0 Å². The molecular formula is C14H24N2O5S. The van der Waals surface area contributed by atoms with Gasteiger partial charge in [0, 0.05) is 26.2 Å². The average Bonchev–Trinajstić information content (AvgIpc) is 3.02. The van der Waals surface area contributed by atoms with E-state index in [0.717, 1.165) is 13.1 Å². The van der Waals surface area contributed by atoms with Crippen LogP contribution in [0.1, 0.15) is 12.8 Å². The molecule has 0 aromatic carbocycles. The lowest BCUT2D eigenvalue weighted by Gasteiger charge is -2.33. The summed E-state index contributed by atoms with van der Waals surface area (Å²) >= 11 is 0.